The number of halogens is 3. The van der Waals surface area contributed by atoms with Crippen molar-refractivity contribution in [1.82, 2.24) is 19.2 Å². The minimum absolute atomic E-state index is 0.0509. The van der Waals surface area contributed by atoms with Crippen LogP contribution in [-0.4, -0.2) is 45.4 Å². The van der Waals surface area contributed by atoms with Gasteiger partial charge in [-0.05, 0) is 12.8 Å². The van der Waals surface area contributed by atoms with Gasteiger partial charge in [-0.2, -0.15) is 0 Å². The average molecular weight is 459 g/mol. The fourth-order valence-electron chi connectivity index (χ4n) is 4.59. The number of rotatable bonds is 4. The summed E-state index contributed by atoms with van der Waals surface area (Å²) in [5.74, 6) is 0. The second kappa shape index (κ2) is 8.88. The highest BCUT2D eigenvalue weighted by molar-refractivity contribution is 6.38. The van der Waals surface area contributed by atoms with Crippen molar-refractivity contribution in [2.24, 2.45) is 7.05 Å². The average Bonchev–Trinajstić information content (AvgIpc) is 2.93. The molecule has 0 amide bonds. The summed E-state index contributed by atoms with van der Waals surface area (Å²) >= 11 is 19.1. The number of piperazine rings is 1. The van der Waals surface area contributed by atoms with E-state index in [1.165, 1.54) is 19.3 Å². The standard InChI is InChI=1S/C20H26Cl3N5O/c1-25-17(18(23)20(29)28(25)14-5-3-2-4-6-14)13-26-7-9-27(10-8-26)19-15(21)11-24-12-16(19)22/h11-12,14H,2-10,13H2,1H3. The topological polar surface area (TPSA) is 46.3 Å². The Morgan fingerprint density at radius 3 is 2.24 bits per heavy atom. The van der Waals surface area contributed by atoms with Gasteiger partial charge in [0, 0.05) is 52.2 Å². The third kappa shape index (κ3) is 4.18. The number of aromatic nitrogens is 3. The Morgan fingerprint density at radius 1 is 1.00 bits per heavy atom. The lowest BCUT2D eigenvalue weighted by Crippen LogP contribution is -2.46. The quantitative estimate of drug-likeness (QED) is 0.682. The van der Waals surface area contributed by atoms with Gasteiger partial charge in [0.25, 0.3) is 5.56 Å². The summed E-state index contributed by atoms with van der Waals surface area (Å²) in [5, 5.41) is 1.50. The monoisotopic (exact) mass is 457 g/mol. The van der Waals surface area contributed by atoms with E-state index in [1.807, 2.05) is 16.4 Å². The molecule has 9 heteroatoms. The van der Waals surface area contributed by atoms with Crippen LogP contribution in [0.4, 0.5) is 5.69 Å². The zero-order valence-corrected chi connectivity index (χ0v) is 18.8. The van der Waals surface area contributed by atoms with E-state index in [-0.39, 0.29) is 11.6 Å². The highest BCUT2D eigenvalue weighted by atomic mass is 35.5. The molecule has 4 rings (SSSR count). The number of anilines is 1. The Morgan fingerprint density at radius 2 is 1.62 bits per heavy atom. The molecule has 0 radical (unpaired) electrons. The SMILES string of the molecule is Cn1c(CN2CCN(c3c(Cl)cncc3Cl)CC2)c(Cl)c(=O)n1C1CCCCC1. The van der Waals surface area contributed by atoms with E-state index in [1.54, 1.807) is 12.4 Å². The molecule has 0 N–H and O–H groups in total. The van der Waals surface area contributed by atoms with Crippen molar-refractivity contribution >= 4 is 40.5 Å². The first-order valence-corrected chi connectivity index (χ1v) is 11.3. The molecule has 0 unspecified atom stereocenters. The van der Waals surface area contributed by atoms with Crippen LogP contribution in [0.25, 0.3) is 0 Å². The van der Waals surface area contributed by atoms with Crippen LogP contribution in [0.3, 0.4) is 0 Å². The minimum atomic E-state index is -0.0509. The Labute approximate surface area is 185 Å². The second-order valence-corrected chi connectivity index (χ2v) is 9.13. The van der Waals surface area contributed by atoms with E-state index in [0.29, 0.717) is 21.6 Å². The van der Waals surface area contributed by atoms with Crippen molar-refractivity contribution in [3.05, 3.63) is 43.5 Å². The summed E-state index contributed by atoms with van der Waals surface area (Å²) in [7, 11) is 1.96. The molecular formula is C20H26Cl3N5O. The number of pyridine rings is 1. The molecule has 0 aromatic carbocycles. The van der Waals surface area contributed by atoms with Crippen LogP contribution >= 0.6 is 34.8 Å². The first-order chi connectivity index (χ1) is 14.0. The third-order valence-electron chi connectivity index (χ3n) is 6.17. The normalized spacial score (nSPS) is 19.1. The lowest BCUT2D eigenvalue weighted by Gasteiger charge is -2.36. The van der Waals surface area contributed by atoms with Crippen LogP contribution in [0.5, 0.6) is 0 Å². The maximum atomic E-state index is 12.8. The summed E-state index contributed by atoms with van der Waals surface area (Å²) in [6.07, 6.45) is 8.97. The molecule has 2 aromatic rings. The zero-order chi connectivity index (χ0) is 20.5. The van der Waals surface area contributed by atoms with E-state index < -0.39 is 0 Å². The molecule has 29 heavy (non-hydrogen) atoms. The molecule has 0 spiro atoms. The van der Waals surface area contributed by atoms with Crippen LogP contribution in [0.15, 0.2) is 17.2 Å². The molecule has 2 fully saturated rings. The van der Waals surface area contributed by atoms with Gasteiger partial charge in [-0.15, -0.1) is 0 Å². The van der Waals surface area contributed by atoms with Gasteiger partial charge >= 0.3 is 0 Å². The maximum absolute atomic E-state index is 12.8. The summed E-state index contributed by atoms with van der Waals surface area (Å²) in [5.41, 5.74) is 1.69. The highest BCUT2D eigenvalue weighted by Gasteiger charge is 2.27. The molecule has 1 saturated carbocycles. The Bertz CT molecular complexity index is 907. The van der Waals surface area contributed by atoms with Crippen LogP contribution < -0.4 is 10.5 Å². The number of nitrogens with zero attached hydrogens (tertiary/aromatic N) is 5. The van der Waals surface area contributed by atoms with Crippen molar-refractivity contribution in [3.63, 3.8) is 0 Å². The molecule has 1 aliphatic carbocycles. The van der Waals surface area contributed by atoms with Crippen molar-refractivity contribution in [3.8, 4) is 0 Å². The molecule has 1 saturated heterocycles. The van der Waals surface area contributed by atoms with Crippen LogP contribution in [0.2, 0.25) is 15.1 Å². The molecule has 0 atom stereocenters. The second-order valence-electron chi connectivity index (χ2n) is 7.94. The first kappa shape index (κ1) is 21.0. The van der Waals surface area contributed by atoms with Crippen molar-refractivity contribution in [1.29, 1.82) is 0 Å². The van der Waals surface area contributed by atoms with Crippen molar-refractivity contribution in [2.45, 2.75) is 44.7 Å². The van der Waals surface area contributed by atoms with Gasteiger partial charge in [-0.3, -0.25) is 19.4 Å². The Balaban J connectivity index is 1.47. The van der Waals surface area contributed by atoms with Gasteiger partial charge in [0.1, 0.15) is 5.02 Å². The van der Waals surface area contributed by atoms with Crippen molar-refractivity contribution < 1.29 is 0 Å². The molecule has 2 aliphatic rings. The lowest BCUT2D eigenvalue weighted by atomic mass is 9.96. The largest absolute Gasteiger partial charge is 0.366 e. The summed E-state index contributed by atoms with van der Waals surface area (Å²) in [4.78, 5) is 21.4. The van der Waals surface area contributed by atoms with Gasteiger partial charge in [0.2, 0.25) is 0 Å². The fraction of sp³-hybridized carbons (Fsp3) is 0.600. The lowest BCUT2D eigenvalue weighted by molar-refractivity contribution is 0.235. The fourth-order valence-corrected chi connectivity index (χ4v) is 5.46. The molecule has 0 bridgehead atoms. The van der Waals surface area contributed by atoms with Crippen molar-refractivity contribution in [2.75, 3.05) is 31.1 Å². The van der Waals surface area contributed by atoms with E-state index >= 15 is 0 Å². The number of hydrogen-bond donors (Lipinski definition) is 0. The van der Waals surface area contributed by atoms with E-state index in [9.17, 15) is 4.79 Å². The smallest absolute Gasteiger partial charge is 0.286 e. The zero-order valence-electron chi connectivity index (χ0n) is 16.6. The van der Waals surface area contributed by atoms with Gasteiger partial charge < -0.3 is 4.90 Å². The maximum Gasteiger partial charge on any atom is 0.286 e. The van der Waals surface area contributed by atoms with Crippen LogP contribution in [0.1, 0.15) is 43.8 Å². The Kier molecular flexibility index (Phi) is 6.44. The predicted molar refractivity (Wildman–Crippen MR) is 119 cm³/mol. The van der Waals surface area contributed by atoms with E-state index in [2.05, 4.69) is 14.8 Å². The van der Waals surface area contributed by atoms with Gasteiger partial charge in [-0.1, -0.05) is 54.1 Å². The highest BCUT2D eigenvalue weighted by Crippen LogP contribution is 2.33. The van der Waals surface area contributed by atoms with Gasteiger partial charge in [0.15, 0.2) is 0 Å². The van der Waals surface area contributed by atoms with Gasteiger partial charge in [0.05, 0.1) is 27.5 Å². The molecule has 158 valence electrons. The van der Waals surface area contributed by atoms with E-state index in [0.717, 1.165) is 50.4 Å². The summed E-state index contributed by atoms with van der Waals surface area (Å²) < 4.78 is 3.87. The molecule has 2 aromatic heterocycles. The molecule has 3 heterocycles. The summed E-state index contributed by atoms with van der Waals surface area (Å²) in [6.45, 7) is 3.95. The first-order valence-electron chi connectivity index (χ1n) is 10.2. The van der Waals surface area contributed by atoms with E-state index in [4.69, 9.17) is 34.8 Å². The summed E-state index contributed by atoms with van der Waals surface area (Å²) in [6, 6.07) is 0.264. The molecule has 1 aliphatic heterocycles. The number of hydrogen-bond acceptors (Lipinski definition) is 4. The third-order valence-corrected chi connectivity index (χ3v) is 7.11. The molecule has 6 nitrogen and oxygen atoms in total. The van der Waals surface area contributed by atoms with Crippen LogP contribution in [-0.2, 0) is 13.6 Å². The minimum Gasteiger partial charge on any atom is -0.366 e. The Hall–Kier alpha value is -1.21. The van der Waals surface area contributed by atoms with Gasteiger partial charge in [-0.25, -0.2) is 4.68 Å². The predicted octanol–water partition coefficient (Wildman–Crippen LogP) is 4.37. The van der Waals surface area contributed by atoms with Crippen LogP contribution in [0, 0.1) is 0 Å². The molecular weight excluding hydrogens is 433 g/mol.